The van der Waals surface area contributed by atoms with E-state index >= 15 is 0 Å². The Morgan fingerprint density at radius 3 is 2.74 bits per heavy atom. The molecule has 2 aromatic rings. The number of carbonyl (C=O) groups excluding carboxylic acids is 2. The molecule has 0 radical (unpaired) electrons. The average molecular weight is 460 g/mol. The van der Waals surface area contributed by atoms with Gasteiger partial charge in [0, 0.05) is 31.8 Å². The number of benzene rings is 2. The first-order chi connectivity index (χ1) is 16.4. The quantitative estimate of drug-likeness (QED) is 0.587. The highest BCUT2D eigenvalue weighted by atomic mass is 16.3. The summed E-state index contributed by atoms with van der Waals surface area (Å²) in [6.45, 7) is 2.86. The summed E-state index contributed by atoms with van der Waals surface area (Å²) in [5.74, 6) is 2.81. The molecule has 3 aliphatic carbocycles. The lowest BCUT2D eigenvalue weighted by atomic mass is 9.54. The van der Waals surface area contributed by atoms with Crippen LogP contribution in [0, 0.1) is 23.2 Å². The van der Waals surface area contributed by atoms with Crippen molar-refractivity contribution in [2.45, 2.75) is 70.8 Å². The number of aryl methyl sites for hydroxylation is 1. The molecule has 0 bridgehead atoms. The van der Waals surface area contributed by atoms with Crippen molar-refractivity contribution in [2.24, 2.45) is 23.2 Å². The number of carbonyl (C=O) groups is 2. The molecule has 0 heterocycles. The largest absolute Gasteiger partial charge is 0.508 e. The predicted molar refractivity (Wildman–Crippen MR) is 133 cm³/mol. The van der Waals surface area contributed by atoms with Crippen LogP contribution in [0.4, 0.5) is 0 Å². The molecule has 4 heteroatoms. The Hall–Kier alpha value is -2.62. The third-order valence-electron chi connectivity index (χ3n) is 9.21. The zero-order valence-corrected chi connectivity index (χ0v) is 20.5. The molecule has 4 nitrogen and oxygen atoms in total. The highest BCUT2D eigenvalue weighted by Crippen LogP contribution is 2.62. The van der Waals surface area contributed by atoms with Gasteiger partial charge in [-0.1, -0.05) is 43.3 Å². The highest BCUT2D eigenvalue weighted by Gasteiger charge is 2.58. The van der Waals surface area contributed by atoms with Crippen molar-refractivity contribution in [3.05, 3.63) is 65.2 Å². The van der Waals surface area contributed by atoms with Gasteiger partial charge in [0.25, 0.3) is 0 Å². The number of rotatable bonds is 6. The molecule has 34 heavy (non-hydrogen) atoms. The van der Waals surface area contributed by atoms with Gasteiger partial charge in [-0.15, -0.1) is 0 Å². The van der Waals surface area contributed by atoms with Crippen molar-refractivity contribution >= 4 is 11.7 Å². The van der Waals surface area contributed by atoms with E-state index in [9.17, 15) is 14.7 Å². The lowest BCUT2D eigenvalue weighted by molar-refractivity contribution is -0.131. The first-order valence-electron chi connectivity index (χ1n) is 13.0. The maximum absolute atomic E-state index is 13.2. The van der Waals surface area contributed by atoms with Gasteiger partial charge in [0.1, 0.15) is 11.5 Å². The molecule has 2 aromatic carbocycles. The van der Waals surface area contributed by atoms with Crippen LogP contribution in [0.5, 0.6) is 5.75 Å². The number of hydrogen-bond donors (Lipinski definition) is 1. The van der Waals surface area contributed by atoms with Gasteiger partial charge in [0.15, 0.2) is 0 Å². The highest BCUT2D eigenvalue weighted by molar-refractivity contribution is 5.87. The zero-order chi connectivity index (χ0) is 23.9. The van der Waals surface area contributed by atoms with Gasteiger partial charge in [0.05, 0.1) is 0 Å². The second-order valence-electron chi connectivity index (χ2n) is 11.2. The van der Waals surface area contributed by atoms with Crippen LogP contribution >= 0.6 is 0 Å². The number of fused-ring (bicyclic) bond motifs is 5. The van der Waals surface area contributed by atoms with Crippen LogP contribution in [0.15, 0.2) is 48.5 Å². The lowest BCUT2D eigenvalue weighted by Crippen LogP contribution is -2.44. The van der Waals surface area contributed by atoms with Gasteiger partial charge in [0.2, 0.25) is 5.91 Å². The molecule has 180 valence electrons. The SMILES string of the molecule is CN(Cc1ccccc1)C(=O)CCC[C@@H]1CC(=O)[C@@]2(C)CC[C@@H]3c4ccc(O)cc4CC[C@H]3[C@H]12. The number of Topliss-reactive ketones (excluding diaryl/α,β-unsaturated/α-hetero) is 1. The van der Waals surface area contributed by atoms with Crippen molar-refractivity contribution in [1.29, 1.82) is 0 Å². The van der Waals surface area contributed by atoms with E-state index in [-0.39, 0.29) is 11.3 Å². The third kappa shape index (κ3) is 4.16. The summed E-state index contributed by atoms with van der Waals surface area (Å²) >= 11 is 0. The molecule has 0 aliphatic heterocycles. The van der Waals surface area contributed by atoms with E-state index in [0.717, 1.165) is 44.1 Å². The molecule has 2 fully saturated rings. The summed E-state index contributed by atoms with van der Waals surface area (Å²) in [7, 11) is 1.88. The van der Waals surface area contributed by atoms with Crippen molar-refractivity contribution in [1.82, 2.24) is 4.90 Å². The maximum atomic E-state index is 13.2. The second-order valence-corrected chi connectivity index (χ2v) is 11.2. The summed E-state index contributed by atoms with van der Waals surface area (Å²) in [5, 5.41) is 9.94. The van der Waals surface area contributed by atoms with Gasteiger partial charge in [-0.25, -0.2) is 0 Å². The van der Waals surface area contributed by atoms with E-state index < -0.39 is 0 Å². The summed E-state index contributed by atoms with van der Waals surface area (Å²) in [4.78, 5) is 27.8. The Morgan fingerprint density at radius 2 is 1.94 bits per heavy atom. The predicted octanol–water partition coefficient (Wildman–Crippen LogP) is 5.87. The molecular formula is C30H37NO3. The molecule has 1 amide bonds. The van der Waals surface area contributed by atoms with Crippen molar-refractivity contribution in [3.8, 4) is 5.75 Å². The van der Waals surface area contributed by atoms with Crippen LogP contribution in [0.1, 0.15) is 74.5 Å². The normalized spacial score (nSPS) is 29.8. The van der Waals surface area contributed by atoms with Gasteiger partial charge < -0.3 is 10.0 Å². The van der Waals surface area contributed by atoms with Crippen LogP contribution in [0.25, 0.3) is 0 Å². The third-order valence-corrected chi connectivity index (χ3v) is 9.21. The van der Waals surface area contributed by atoms with E-state index in [2.05, 4.69) is 25.1 Å². The molecule has 5 rings (SSSR count). The Kier molecular flexibility index (Phi) is 6.26. The molecule has 3 aliphatic rings. The Labute approximate surface area is 203 Å². The summed E-state index contributed by atoms with van der Waals surface area (Å²) < 4.78 is 0. The fourth-order valence-electron chi connectivity index (χ4n) is 7.55. The summed E-state index contributed by atoms with van der Waals surface area (Å²) in [6.07, 6.45) is 7.16. The summed E-state index contributed by atoms with van der Waals surface area (Å²) in [5.41, 5.74) is 3.63. The molecule has 1 N–H and O–H groups in total. The molecule has 0 aromatic heterocycles. The number of aromatic hydroxyl groups is 1. The summed E-state index contributed by atoms with van der Waals surface area (Å²) in [6, 6.07) is 16.0. The van der Waals surface area contributed by atoms with Crippen molar-refractivity contribution in [2.75, 3.05) is 7.05 Å². The number of ketones is 1. The first kappa shape index (κ1) is 23.1. The first-order valence-corrected chi connectivity index (χ1v) is 13.0. The number of phenolic OH excluding ortho intramolecular Hbond substituents is 1. The maximum Gasteiger partial charge on any atom is 0.222 e. The van der Waals surface area contributed by atoms with E-state index in [4.69, 9.17) is 0 Å². The van der Waals surface area contributed by atoms with Crippen LogP contribution < -0.4 is 0 Å². The van der Waals surface area contributed by atoms with E-state index in [1.54, 1.807) is 0 Å². The fraction of sp³-hybridized carbons (Fsp3) is 0.533. The Bertz CT molecular complexity index is 1060. The Morgan fingerprint density at radius 1 is 1.15 bits per heavy atom. The van der Waals surface area contributed by atoms with Gasteiger partial charge in [-0.2, -0.15) is 0 Å². The van der Waals surface area contributed by atoms with E-state index in [1.807, 2.05) is 42.3 Å². The monoisotopic (exact) mass is 459 g/mol. The van der Waals surface area contributed by atoms with Gasteiger partial charge in [-0.05, 0) is 91.0 Å². The zero-order valence-electron chi connectivity index (χ0n) is 20.5. The molecule has 0 spiro atoms. The second kappa shape index (κ2) is 9.20. The Balaban J connectivity index is 1.24. The van der Waals surface area contributed by atoms with Crippen LogP contribution in [0.3, 0.4) is 0 Å². The lowest BCUT2D eigenvalue weighted by Gasteiger charge is -2.50. The molecule has 0 unspecified atom stereocenters. The topological polar surface area (TPSA) is 57.6 Å². The number of phenols is 1. The average Bonchev–Trinajstić information content (AvgIpc) is 3.09. The van der Waals surface area contributed by atoms with Crippen molar-refractivity contribution < 1.29 is 14.7 Å². The molecule has 0 saturated heterocycles. The molecule has 5 atom stereocenters. The van der Waals surface area contributed by atoms with E-state index in [0.29, 0.717) is 54.6 Å². The molecular weight excluding hydrogens is 422 g/mol. The number of nitrogens with zero attached hydrogens (tertiary/aromatic N) is 1. The van der Waals surface area contributed by atoms with Gasteiger partial charge >= 0.3 is 0 Å². The van der Waals surface area contributed by atoms with E-state index in [1.165, 1.54) is 11.1 Å². The number of hydrogen-bond acceptors (Lipinski definition) is 3. The molecule has 2 saturated carbocycles. The fourth-order valence-corrected chi connectivity index (χ4v) is 7.55. The van der Waals surface area contributed by atoms with Gasteiger partial charge in [-0.3, -0.25) is 9.59 Å². The van der Waals surface area contributed by atoms with Crippen LogP contribution in [-0.4, -0.2) is 28.7 Å². The minimum atomic E-state index is -0.200. The van der Waals surface area contributed by atoms with Crippen molar-refractivity contribution in [3.63, 3.8) is 0 Å². The minimum absolute atomic E-state index is 0.184. The number of amides is 1. The standard InChI is InChI=1S/C30H37NO3/c1-30-16-15-25-24-14-12-23(32)17-21(24)11-13-26(25)29(30)22(18-27(30)33)9-6-10-28(34)31(2)19-20-7-4-3-5-8-20/h3-5,7-8,12,14,17,22,25-26,29,32H,6,9-11,13,15-16,18-19H2,1-2H3/t22-,25-,26-,29+,30-/m1/s1. The minimum Gasteiger partial charge on any atom is -0.508 e. The van der Waals surface area contributed by atoms with Crippen LogP contribution in [0.2, 0.25) is 0 Å². The smallest absolute Gasteiger partial charge is 0.222 e. The van der Waals surface area contributed by atoms with Crippen LogP contribution in [-0.2, 0) is 22.6 Å².